The maximum Gasteiger partial charge on any atom is 0.0636 e. The second-order valence-corrected chi connectivity index (χ2v) is 3.04. The van der Waals surface area contributed by atoms with Gasteiger partial charge in [-0.25, -0.2) is 0 Å². The molecule has 0 fully saturated rings. The number of hydrogen-bond donors (Lipinski definition) is 1. The van der Waals surface area contributed by atoms with Crippen molar-refractivity contribution >= 4 is 11.3 Å². The molecule has 0 aliphatic rings. The van der Waals surface area contributed by atoms with E-state index in [-0.39, 0.29) is 0 Å². The molecular weight excluding hydrogens is 146 g/mol. The van der Waals surface area contributed by atoms with E-state index in [9.17, 15) is 0 Å². The third-order valence-electron chi connectivity index (χ3n) is 1.26. The Kier molecular flexibility index (Phi) is 2.86. The number of nitrogens with one attached hydrogen (secondary N) is 1. The standard InChI is InChI=1S/C7H11NOS/c1-6(8-9-2)7-4-3-5-10-7/h3-6,8H,1-2H3. The second-order valence-electron chi connectivity index (χ2n) is 2.06. The quantitative estimate of drug-likeness (QED) is 0.677. The van der Waals surface area contributed by atoms with Crippen LogP contribution in [0.5, 0.6) is 0 Å². The molecular formula is C7H11NOS. The summed E-state index contributed by atoms with van der Waals surface area (Å²) in [6.07, 6.45) is 0. The highest BCUT2D eigenvalue weighted by molar-refractivity contribution is 7.10. The van der Waals surface area contributed by atoms with Gasteiger partial charge in [0.15, 0.2) is 0 Å². The van der Waals surface area contributed by atoms with Crippen LogP contribution in [0.1, 0.15) is 17.8 Å². The van der Waals surface area contributed by atoms with Gasteiger partial charge in [-0.1, -0.05) is 6.07 Å². The number of hydroxylamine groups is 1. The Hall–Kier alpha value is -0.380. The van der Waals surface area contributed by atoms with E-state index in [1.807, 2.05) is 6.07 Å². The molecule has 1 heterocycles. The van der Waals surface area contributed by atoms with Crippen molar-refractivity contribution in [1.29, 1.82) is 0 Å². The van der Waals surface area contributed by atoms with Gasteiger partial charge in [0.05, 0.1) is 13.2 Å². The molecule has 1 aromatic rings. The highest BCUT2D eigenvalue weighted by Gasteiger charge is 2.02. The minimum atomic E-state index is 0.296. The van der Waals surface area contributed by atoms with Crippen LogP contribution in [0.3, 0.4) is 0 Å². The summed E-state index contributed by atoms with van der Waals surface area (Å²) < 4.78 is 0. The van der Waals surface area contributed by atoms with E-state index in [4.69, 9.17) is 4.84 Å². The van der Waals surface area contributed by atoms with Crippen molar-refractivity contribution < 1.29 is 4.84 Å². The van der Waals surface area contributed by atoms with Crippen LogP contribution in [0.2, 0.25) is 0 Å². The van der Waals surface area contributed by atoms with Gasteiger partial charge < -0.3 is 4.84 Å². The fourth-order valence-electron chi connectivity index (χ4n) is 0.773. The lowest BCUT2D eigenvalue weighted by atomic mass is 10.3. The lowest BCUT2D eigenvalue weighted by Gasteiger charge is -2.07. The first-order valence-electron chi connectivity index (χ1n) is 3.16. The molecule has 1 atom stereocenters. The molecule has 0 spiro atoms. The summed E-state index contributed by atoms with van der Waals surface area (Å²) in [5.74, 6) is 0. The van der Waals surface area contributed by atoms with E-state index < -0.39 is 0 Å². The van der Waals surface area contributed by atoms with Crippen molar-refractivity contribution in [1.82, 2.24) is 5.48 Å². The van der Waals surface area contributed by atoms with E-state index in [0.717, 1.165) is 0 Å². The van der Waals surface area contributed by atoms with E-state index in [2.05, 4.69) is 23.9 Å². The molecule has 10 heavy (non-hydrogen) atoms. The van der Waals surface area contributed by atoms with Gasteiger partial charge in [-0.05, 0) is 18.4 Å². The van der Waals surface area contributed by atoms with Crippen LogP contribution >= 0.6 is 11.3 Å². The third kappa shape index (κ3) is 1.80. The summed E-state index contributed by atoms with van der Waals surface area (Å²) in [4.78, 5) is 6.08. The molecule has 3 heteroatoms. The SMILES string of the molecule is CONC(C)c1cccs1. The fourth-order valence-corrected chi connectivity index (χ4v) is 1.50. The zero-order chi connectivity index (χ0) is 7.40. The fraction of sp³-hybridized carbons (Fsp3) is 0.429. The zero-order valence-electron chi connectivity index (χ0n) is 6.13. The summed E-state index contributed by atoms with van der Waals surface area (Å²) in [5, 5.41) is 2.06. The molecule has 0 bridgehead atoms. The van der Waals surface area contributed by atoms with Crippen molar-refractivity contribution in [3.8, 4) is 0 Å². The number of rotatable bonds is 3. The average Bonchev–Trinajstić information content (AvgIpc) is 2.38. The van der Waals surface area contributed by atoms with Crippen LogP contribution in [0.25, 0.3) is 0 Å². The largest absolute Gasteiger partial charge is 0.305 e. The normalized spacial score (nSPS) is 13.4. The second kappa shape index (κ2) is 3.71. The molecule has 56 valence electrons. The maximum absolute atomic E-state index is 4.78. The summed E-state index contributed by atoms with van der Waals surface area (Å²) in [6.45, 7) is 2.06. The van der Waals surface area contributed by atoms with E-state index in [1.54, 1.807) is 18.4 Å². The molecule has 1 rings (SSSR count). The van der Waals surface area contributed by atoms with Crippen LogP contribution in [-0.4, -0.2) is 7.11 Å². The summed E-state index contributed by atoms with van der Waals surface area (Å²) in [6, 6.07) is 4.42. The topological polar surface area (TPSA) is 21.3 Å². The lowest BCUT2D eigenvalue weighted by molar-refractivity contribution is 0.0668. The van der Waals surface area contributed by atoms with Gasteiger partial charge in [0.2, 0.25) is 0 Å². The molecule has 0 amide bonds. The van der Waals surface area contributed by atoms with E-state index in [1.165, 1.54) is 4.88 Å². The molecule has 0 aliphatic heterocycles. The van der Waals surface area contributed by atoms with Gasteiger partial charge in [-0.2, -0.15) is 5.48 Å². The Balaban J connectivity index is 2.50. The van der Waals surface area contributed by atoms with Gasteiger partial charge in [0.1, 0.15) is 0 Å². The summed E-state index contributed by atoms with van der Waals surface area (Å²) >= 11 is 1.73. The van der Waals surface area contributed by atoms with Gasteiger partial charge in [0, 0.05) is 4.88 Å². The Morgan fingerprint density at radius 1 is 1.70 bits per heavy atom. The lowest BCUT2D eigenvalue weighted by Crippen LogP contribution is -2.15. The number of hydrogen-bond acceptors (Lipinski definition) is 3. The zero-order valence-corrected chi connectivity index (χ0v) is 6.94. The Bertz CT molecular complexity index is 174. The van der Waals surface area contributed by atoms with Crippen molar-refractivity contribution in [2.75, 3.05) is 7.11 Å². The first-order chi connectivity index (χ1) is 4.84. The summed E-state index contributed by atoms with van der Waals surface area (Å²) in [5.41, 5.74) is 2.86. The molecule has 0 saturated carbocycles. The summed E-state index contributed by atoms with van der Waals surface area (Å²) in [7, 11) is 1.63. The highest BCUT2D eigenvalue weighted by Crippen LogP contribution is 2.17. The molecule has 1 unspecified atom stereocenters. The van der Waals surface area contributed by atoms with E-state index >= 15 is 0 Å². The molecule has 2 nitrogen and oxygen atoms in total. The molecule has 0 aliphatic carbocycles. The van der Waals surface area contributed by atoms with Crippen LogP contribution in [0.4, 0.5) is 0 Å². The van der Waals surface area contributed by atoms with Gasteiger partial charge >= 0.3 is 0 Å². The van der Waals surface area contributed by atoms with Crippen molar-refractivity contribution in [2.45, 2.75) is 13.0 Å². The Labute approximate surface area is 64.8 Å². The highest BCUT2D eigenvalue weighted by atomic mass is 32.1. The molecule has 0 aromatic carbocycles. The minimum absolute atomic E-state index is 0.296. The van der Waals surface area contributed by atoms with Crippen molar-refractivity contribution in [3.05, 3.63) is 22.4 Å². The van der Waals surface area contributed by atoms with E-state index in [0.29, 0.717) is 6.04 Å². The predicted octanol–water partition coefficient (Wildman–Crippen LogP) is 1.96. The smallest absolute Gasteiger partial charge is 0.0636 e. The molecule has 0 radical (unpaired) electrons. The van der Waals surface area contributed by atoms with Crippen LogP contribution in [0.15, 0.2) is 17.5 Å². The maximum atomic E-state index is 4.78. The third-order valence-corrected chi connectivity index (χ3v) is 2.32. The molecule has 1 aromatic heterocycles. The predicted molar refractivity (Wildman–Crippen MR) is 42.9 cm³/mol. The molecule has 1 N–H and O–H groups in total. The van der Waals surface area contributed by atoms with Gasteiger partial charge in [-0.3, -0.25) is 0 Å². The van der Waals surface area contributed by atoms with Gasteiger partial charge in [-0.15, -0.1) is 11.3 Å². The monoisotopic (exact) mass is 157 g/mol. The molecule has 0 saturated heterocycles. The Morgan fingerprint density at radius 3 is 3.00 bits per heavy atom. The first kappa shape index (κ1) is 7.72. The number of thiophene rings is 1. The van der Waals surface area contributed by atoms with Crippen molar-refractivity contribution in [3.63, 3.8) is 0 Å². The van der Waals surface area contributed by atoms with Crippen molar-refractivity contribution in [2.24, 2.45) is 0 Å². The van der Waals surface area contributed by atoms with Gasteiger partial charge in [0.25, 0.3) is 0 Å². The average molecular weight is 157 g/mol. The van der Waals surface area contributed by atoms with Crippen LogP contribution < -0.4 is 5.48 Å². The van der Waals surface area contributed by atoms with Crippen LogP contribution in [-0.2, 0) is 4.84 Å². The minimum Gasteiger partial charge on any atom is -0.305 e. The van der Waals surface area contributed by atoms with Crippen LogP contribution in [0, 0.1) is 0 Å². The Morgan fingerprint density at radius 2 is 2.50 bits per heavy atom. The first-order valence-corrected chi connectivity index (χ1v) is 4.04.